The second-order valence-corrected chi connectivity index (χ2v) is 7.16. The monoisotopic (exact) mass is 308 g/mol. The van der Waals surface area contributed by atoms with Gasteiger partial charge in [0.05, 0.1) is 0 Å². The molecule has 1 rings (SSSR count). The van der Waals surface area contributed by atoms with Gasteiger partial charge in [-0.05, 0) is 44.0 Å². The van der Waals surface area contributed by atoms with Crippen LogP contribution < -0.4 is 10.6 Å². The van der Waals surface area contributed by atoms with Crippen molar-refractivity contribution in [1.82, 2.24) is 10.6 Å². The summed E-state index contributed by atoms with van der Waals surface area (Å²) in [5.74, 6) is 1.62. The lowest BCUT2D eigenvalue weighted by Crippen LogP contribution is -2.30. The highest BCUT2D eigenvalue weighted by Crippen LogP contribution is 2.20. The van der Waals surface area contributed by atoms with Crippen LogP contribution in [0.15, 0.2) is 29.2 Å². The molecule has 3 nitrogen and oxygen atoms in total. The first-order valence-electron chi connectivity index (χ1n) is 7.69. The van der Waals surface area contributed by atoms with Crippen LogP contribution in [-0.4, -0.2) is 24.2 Å². The highest BCUT2D eigenvalue weighted by Gasteiger charge is 2.04. The van der Waals surface area contributed by atoms with Crippen LogP contribution in [0.4, 0.5) is 0 Å². The maximum atomic E-state index is 11.6. The van der Waals surface area contributed by atoms with E-state index in [0.29, 0.717) is 12.3 Å². The van der Waals surface area contributed by atoms with E-state index < -0.39 is 0 Å². The van der Waals surface area contributed by atoms with Crippen LogP contribution in [0.3, 0.4) is 0 Å². The Morgan fingerprint density at radius 3 is 2.67 bits per heavy atom. The summed E-state index contributed by atoms with van der Waals surface area (Å²) in [6.07, 6.45) is 0.568. The molecule has 0 aliphatic rings. The summed E-state index contributed by atoms with van der Waals surface area (Å²) in [7, 11) is 0. The van der Waals surface area contributed by atoms with Gasteiger partial charge in [0, 0.05) is 29.7 Å². The largest absolute Gasteiger partial charge is 0.354 e. The number of amides is 1. The van der Waals surface area contributed by atoms with E-state index in [4.69, 9.17) is 0 Å². The molecule has 1 amide bonds. The Kier molecular flexibility index (Phi) is 8.47. The van der Waals surface area contributed by atoms with Gasteiger partial charge in [0.2, 0.25) is 5.91 Å². The summed E-state index contributed by atoms with van der Waals surface area (Å²) >= 11 is 1.74. The number of hydrogen-bond donors (Lipinski definition) is 2. The van der Waals surface area contributed by atoms with Crippen molar-refractivity contribution in [2.24, 2.45) is 5.92 Å². The van der Waals surface area contributed by atoms with Crippen LogP contribution in [0.5, 0.6) is 0 Å². The smallest absolute Gasteiger partial charge is 0.221 e. The summed E-state index contributed by atoms with van der Waals surface area (Å²) in [6.45, 7) is 10.3. The zero-order valence-electron chi connectivity index (χ0n) is 13.6. The van der Waals surface area contributed by atoms with Crippen LogP contribution in [0.2, 0.25) is 0 Å². The van der Waals surface area contributed by atoms with Crippen molar-refractivity contribution < 1.29 is 4.79 Å². The molecule has 0 heterocycles. The van der Waals surface area contributed by atoms with Crippen molar-refractivity contribution in [2.75, 3.05) is 12.3 Å². The summed E-state index contributed by atoms with van der Waals surface area (Å²) in [4.78, 5) is 12.8. The third-order valence-electron chi connectivity index (χ3n) is 2.83. The standard InChI is InChI=1S/C17H28N2OS/c1-13(2)11-18-12-15-6-5-7-16(10-15)21-9-8-17(20)19-14(3)4/h5-7,10,13-14,18H,8-9,11-12H2,1-4H3,(H,19,20). The Bertz CT molecular complexity index is 433. The molecule has 0 atom stereocenters. The van der Waals surface area contributed by atoms with Gasteiger partial charge in [0.15, 0.2) is 0 Å². The van der Waals surface area contributed by atoms with E-state index in [0.717, 1.165) is 18.8 Å². The molecule has 0 radical (unpaired) electrons. The number of rotatable bonds is 9. The summed E-state index contributed by atoms with van der Waals surface area (Å²) in [5.41, 5.74) is 1.30. The number of carbonyl (C=O) groups is 1. The van der Waals surface area contributed by atoms with Crippen molar-refractivity contribution in [3.05, 3.63) is 29.8 Å². The summed E-state index contributed by atoms with van der Waals surface area (Å²) in [5, 5.41) is 6.37. The lowest BCUT2D eigenvalue weighted by atomic mass is 10.2. The number of thioether (sulfide) groups is 1. The van der Waals surface area contributed by atoms with E-state index in [2.05, 4.69) is 48.7 Å². The number of hydrogen-bond acceptors (Lipinski definition) is 3. The molecule has 118 valence electrons. The third-order valence-corrected chi connectivity index (χ3v) is 3.82. The Labute approximate surface area is 133 Å². The number of nitrogens with one attached hydrogen (secondary N) is 2. The van der Waals surface area contributed by atoms with Crippen molar-refractivity contribution >= 4 is 17.7 Å². The molecule has 0 saturated carbocycles. The Balaban J connectivity index is 2.33. The fraction of sp³-hybridized carbons (Fsp3) is 0.588. The average Bonchev–Trinajstić information content (AvgIpc) is 2.38. The second kappa shape index (κ2) is 9.85. The normalized spacial score (nSPS) is 11.1. The van der Waals surface area contributed by atoms with Crippen molar-refractivity contribution in [2.45, 2.75) is 51.6 Å². The average molecular weight is 308 g/mol. The molecule has 21 heavy (non-hydrogen) atoms. The van der Waals surface area contributed by atoms with Gasteiger partial charge in [-0.25, -0.2) is 0 Å². The molecule has 0 saturated heterocycles. The Morgan fingerprint density at radius 2 is 2.00 bits per heavy atom. The zero-order valence-corrected chi connectivity index (χ0v) is 14.4. The Morgan fingerprint density at radius 1 is 1.24 bits per heavy atom. The van der Waals surface area contributed by atoms with E-state index in [9.17, 15) is 4.79 Å². The maximum absolute atomic E-state index is 11.6. The van der Waals surface area contributed by atoms with Gasteiger partial charge < -0.3 is 10.6 Å². The molecule has 1 aromatic carbocycles. The highest BCUT2D eigenvalue weighted by atomic mass is 32.2. The van der Waals surface area contributed by atoms with Crippen LogP contribution in [0.25, 0.3) is 0 Å². The van der Waals surface area contributed by atoms with Crippen LogP contribution in [-0.2, 0) is 11.3 Å². The lowest BCUT2D eigenvalue weighted by molar-refractivity contribution is -0.121. The topological polar surface area (TPSA) is 41.1 Å². The quantitative estimate of drug-likeness (QED) is 0.687. The van der Waals surface area contributed by atoms with E-state index >= 15 is 0 Å². The molecular weight excluding hydrogens is 280 g/mol. The molecule has 0 aromatic heterocycles. The molecule has 0 unspecified atom stereocenters. The fourth-order valence-corrected chi connectivity index (χ4v) is 2.84. The molecular formula is C17H28N2OS. The second-order valence-electron chi connectivity index (χ2n) is 5.99. The van der Waals surface area contributed by atoms with E-state index in [1.165, 1.54) is 10.5 Å². The first-order chi connectivity index (χ1) is 9.97. The maximum Gasteiger partial charge on any atom is 0.221 e. The van der Waals surface area contributed by atoms with Crippen LogP contribution in [0, 0.1) is 5.92 Å². The first kappa shape index (κ1) is 18.1. The molecule has 1 aromatic rings. The van der Waals surface area contributed by atoms with Crippen molar-refractivity contribution in [1.29, 1.82) is 0 Å². The zero-order chi connectivity index (χ0) is 15.7. The molecule has 0 spiro atoms. The van der Waals surface area contributed by atoms with Gasteiger partial charge in [0.25, 0.3) is 0 Å². The van der Waals surface area contributed by atoms with Crippen molar-refractivity contribution in [3.63, 3.8) is 0 Å². The van der Waals surface area contributed by atoms with Gasteiger partial charge >= 0.3 is 0 Å². The van der Waals surface area contributed by atoms with Crippen molar-refractivity contribution in [3.8, 4) is 0 Å². The molecule has 0 fully saturated rings. The SMILES string of the molecule is CC(C)CNCc1cccc(SCCC(=O)NC(C)C)c1. The minimum Gasteiger partial charge on any atom is -0.354 e. The minimum absolute atomic E-state index is 0.132. The fourth-order valence-electron chi connectivity index (χ4n) is 1.91. The highest BCUT2D eigenvalue weighted by molar-refractivity contribution is 7.99. The molecule has 0 aliphatic heterocycles. The summed E-state index contributed by atoms with van der Waals surface area (Å²) in [6, 6.07) is 8.76. The Hall–Kier alpha value is -1.00. The predicted molar refractivity (Wildman–Crippen MR) is 91.6 cm³/mol. The van der Waals surface area contributed by atoms with E-state index in [1.54, 1.807) is 11.8 Å². The molecule has 0 bridgehead atoms. The molecule has 2 N–H and O–H groups in total. The van der Waals surface area contributed by atoms with E-state index in [-0.39, 0.29) is 11.9 Å². The predicted octanol–water partition coefficient (Wildman–Crippen LogP) is 3.44. The van der Waals surface area contributed by atoms with E-state index in [1.807, 2.05) is 13.8 Å². The lowest BCUT2D eigenvalue weighted by Gasteiger charge is -2.09. The van der Waals surface area contributed by atoms with Gasteiger partial charge in [-0.15, -0.1) is 11.8 Å². The minimum atomic E-state index is 0.132. The summed E-state index contributed by atoms with van der Waals surface area (Å²) < 4.78 is 0. The molecule has 4 heteroatoms. The number of carbonyl (C=O) groups excluding carboxylic acids is 1. The van der Waals surface area contributed by atoms with Gasteiger partial charge in [-0.1, -0.05) is 26.0 Å². The van der Waals surface area contributed by atoms with Gasteiger partial charge in [0.1, 0.15) is 0 Å². The molecule has 0 aliphatic carbocycles. The third kappa shape index (κ3) is 8.79. The van der Waals surface area contributed by atoms with Gasteiger partial charge in [-0.3, -0.25) is 4.79 Å². The number of benzene rings is 1. The van der Waals surface area contributed by atoms with Crippen LogP contribution in [0.1, 0.15) is 39.7 Å². The van der Waals surface area contributed by atoms with Gasteiger partial charge in [-0.2, -0.15) is 0 Å². The van der Waals surface area contributed by atoms with Crippen LogP contribution >= 0.6 is 11.8 Å². The first-order valence-corrected chi connectivity index (χ1v) is 8.67.